The molecule has 0 aliphatic rings. The number of carbonyl (C=O) groups is 4. The van der Waals surface area contributed by atoms with E-state index in [2.05, 4.69) is 20.2 Å². The van der Waals surface area contributed by atoms with E-state index in [1.807, 2.05) is 65.8 Å². The minimum Gasteiger partial charge on any atom is -0.869 e. The number of carbonyl (C=O) groups excluding carboxylic acids is 4. The molecular formula is C44H34Cu2F24N8O10. The maximum Gasteiger partial charge on any atom is 1.00 e. The van der Waals surface area contributed by atoms with Crippen LogP contribution in [0.3, 0.4) is 0 Å². The summed E-state index contributed by atoms with van der Waals surface area (Å²) in [6, 6.07) is 14.5. The molecule has 0 radical (unpaired) electrons. The third-order valence-corrected chi connectivity index (χ3v) is 8.04. The molecule has 0 fully saturated rings. The zero-order chi connectivity index (χ0) is 68.4. The van der Waals surface area contributed by atoms with Gasteiger partial charge >= 0.3 is 83.5 Å². The van der Waals surface area contributed by atoms with Crippen LogP contribution in [0.2, 0.25) is 0 Å². The van der Waals surface area contributed by atoms with Crippen molar-refractivity contribution < 1.29 is 189 Å². The molecule has 0 amide bonds. The Bertz CT molecular complexity index is 2720. The Morgan fingerprint density at radius 2 is 0.545 bits per heavy atom. The van der Waals surface area contributed by atoms with Crippen LogP contribution in [0, 0.1) is 9.81 Å². The minimum absolute atomic E-state index is 0. The summed E-state index contributed by atoms with van der Waals surface area (Å²) >= 11 is 0. The van der Waals surface area contributed by atoms with Gasteiger partial charge in [0.25, 0.3) is 34.5 Å². The molecule has 2 heterocycles. The van der Waals surface area contributed by atoms with Crippen molar-refractivity contribution in [2.75, 3.05) is 0 Å². The molecular weight excluding hydrogens is 1380 g/mol. The Balaban J connectivity index is -0.000000482. The molecule has 2 aromatic heterocycles. The minimum atomic E-state index is -5.46. The second-order valence-corrected chi connectivity index (χ2v) is 17.1. The monoisotopic (exact) mass is 1420 g/mol. The molecule has 0 saturated heterocycles. The summed E-state index contributed by atoms with van der Waals surface area (Å²) in [5.74, 6) is -22.6. The van der Waals surface area contributed by atoms with Gasteiger partial charge < -0.3 is 20.4 Å². The van der Waals surface area contributed by atoms with Crippen molar-refractivity contribution in [1.29, 1.82) is 0 Å². The number of aromatic nitrogens is 6. The molecule has 0 aliphatic carbocycles. The van der Waals surface area contributed by atoms with E-state index < -0.39 is 131 Å². The molecule has 0 unspecified atom stereocenters. The third-order valence-electron chi connectivity index (χ3n) is 8.04. The van der Waals surface area contributed by atoms with E-state index in [9.17, 15) is 155 Å². The fraction of sp³-hybridized carbons (Fsp3) is 0.364. The first-order valence-electron chi connectivity index (χ1n) is 21.3. The van der Waals surface area contributed by atoms with Gasteiger partial charge in [-0.3, -0.25) is 19.2 Å². The molecule has 44 heteroatoms. The summed E-state index contributed by atoms with van der Waals surface area (Å²) in [4.78, 5) is 70.9. The van der Waals surface area contributed by atoms with Gasteiger partial charge in [-0.05, 0) is 71.6 Å². The molecule has 500 valence electrons. The number of rotatable bonds is 8. The number of benzene rings is 2. The largest absolute Gasteiger partial charge is 1.00 e. The Morgan fingerprint density at radius 1 is 0.364 bits per heavy atom. The molecule has 0 N–H and O–H groups in total. The van der Waals surface area contributed by atoms with Crippen LogP contribution < -0.4 is 20.4 Å². The van der Waals surface area contributed by atoms with Gasteiger partial charge in [-0.15, -0.1) is 0 Å². The molecule has 88 heavy (non-hydrogen) atoms. The molecule has 4 aromatic rings. The Morgan fingerprint density at radius 3 is 0.670 bits per heavy atom. The standard InChI is InChI=1S/2C12H15N4O.4C5H2F6O2.2Cu/c2*1-12(2,3)16(17)11-6-4-10(5-7-11)15-9-13-8-14-15;4*6-4(7,8)2(12)1-3(13)5(9,10)11;;/h2*4-9H,1-3H3;4*1,12H;;/q2*+1;;;;;2*+1/p-4/b;;4*2-1-;;. The number of alkyl halides is 24. The summed E-state index contributed by atoms with van der Waals surface area (Å²) in [6.45, 7) is 11.3. The average Bonchev–Trinajstić information content (AvgIpc) is 4.08. The molecule has 0 aliphatic heterocycles. The fourth-order valence-corrected chi connectivity index (χ4v) is 4.07. The number of nitrogens with zero attached hydrogens (tertiary/aromatic N) is 8. The van der Waals surface area contributed by atoms with Crippen molar-refractivity contribution in [3.8, 4) is 11.4 Å². The van der Waals surface area contributed by atoms with Crippen molar-refractivity contribution in [1.82, 2.24) is 29.5 Å². The Hall–Kier alpha value is -7.88. The topological polar surface area (TPSA) is 262 Å². The second-order valence-electron chi connectivity index (χ2n) is 17.1. The van der Waals surface area contributed by atoms with E-state index in [1.54, 1.807) is 46.3 Å². The molecule has 18 nitrogen and oxygen atoms in total. The van der Waals surface area contributed by atoms with E-state index >= 15 is 0 Å². The third kappa shape index (κ3) is 33.3. The predicted molar refractivity (Wildman–Crippen MR) is 230 cm³/mol. The summed E-state index contributed by atoms with van der Waals surface area (Å²) in [6.07, 6.45) is -41.6. The maximum atomic E-state index is 11.9. The van der Waals surface area contributed by atoms with Gasteiger partial charge in [0.05, 0.1) is 11.4 Å². The van der Waals surface area contributed by atoms with Crippen LogP contribution in [-0.4, -0.2) is 123 Å². The molecule has 0 saturated carbocycles. The summed E-state index contributed by atoms with van der Waals surface area (Å²) in [5.41, 5.74) is 2.17. The van der Waals surface area contributed by atoms with Crippen LogP contribution >= 0.6 is 0 Å². The number of nitroso groups, excluding NO2 is 2. The van der Waals surface area contributed by atoms with Gasteiger partial charge in [0.15, 0.2) is 0 Å². The van der Waals surface area contributed by atoms with Crippen LogP contribution in [-0.2, 0) is 53.3 Å². The first kappa shape index (κ1) is 86.6. The quantitative estimate of drug-likeness (QED) is 0.0526. The fourth-order valence-electron chi connectivity index (χ4n) is 4.07. The van der Waals surface area contributed by atoms with E-state index in [-0.39, 0.29) is 34.1 Å². The number of hydrogen-bond acceptors (Lipinski definition) is 14. The number of allylic oxidation sites excluding steroid dienone is 8. The summed E-state index contributed by atoms with van der Waals surface area (Å²) in [7, 11) is 0. The van der Waals surface area contributed by atoms with Crippen LogP contribution in [0.1, 0.15) is 41.5 Å². The van der Waals surface area contributed by atoms with Crippen molar-refractivity contribution >= 4 is 34.5 Å². The molecule has 0 atom stereocenters. The Kier molecular flexibility index (Phi) is 32.9. The molecule has 4 rings (SSSR count). The number of ketones is 4. The summed E-state index contributed by atoms with van der Waals surface area (Å²) < 4.78 is 276. The zero-order valence-electron chi connectivity index (χ0n) is 43.6. The van der Waals surface area contributed by atoms with Gasteiger partial charge in [-0.25, -0.2) is 19.3 Å². The van der Waals surface area contributed by atoms with Crippen molar-refractivity contribution in [3.63, 3.8) is 0 Å². The van der Waals surface area contributed by atoms with Crippen molar-refractivity contribution in [2.45, 2.75) is 102 Å². The van der Waals surface area contributed by atoms with Crippen molar-refractivity contribution in [2.24, 2.45) is 0 Å². The first-order chi connectivity index (χ1) is 38.2. The van der Waals surface area contributed by atoms with Gasteiger partial charge in [0.1, 0.15) is 25.3 Å². The predicted octanol–water partition coefficient (Wildman–Crippen LogP) is 8.64. The average molecular weight is 1420 g/mol. The van der Waals surface area contributed by atoms with E-state index in [1.165, 1.54) is 12.7 Å². The second kappa shape index (κ2) is 33.5. The van der Waals surface area contributed by atoms with Crippen LogP contribution in [0.25, 0.3) is 11.4 Å². The normalized spacial score (nSPS) is 13.0. The van der Waals surface area contributed by atoms with Crippen LogP contribution in [0.4, 0.5) is 117 Å². The van der Waals surface area contributed by atoms with Gasteiger partial charge in [-0.2, -0.15) is 116 Å². The van der Waals surface area contributed by atoms with Crippen molar-refractivity contribution in [3.05, 3.63) is 131 Å². The van der Waals surface area contributed by atoms with Gasteiger partial charge in [0, 0.05) is 85.1 Å². The smallest absolute Gasteiger partial charge is 0.869 e. The number of hydrogen-bond donors (Lipinski definition) is 0. The maximum absolute atomic E-state index is 11.9. The van der Waals surface area contributed by atoms with Gasteiger partial charge in [0.2, 0.25) is 11.1 Å². The SMILES string of the molecule is CC(C)(C)[N+](=O)c1ccc(-n2cncn2)cc1.CC(C)(C)[N+](=O)c1ccc(-n2cncn2)cc1.O=C(/C=C(\[O-])C(F)(F)F)C(F)(F)F.O=C(/C=C(\[O-])C(F)(F)F)C(F)(F)F.O=C(/C=C(\[O-])C(F)(F)F)C(F)(F)F.O=C(/C=C(\[O-])C(F)(F)F)C(F)(F)F.[Cu+].[Cu+]. The zero-order valence-corrected chi connectivity index (χ0v) is 45.5. The number of halogens is 24. The van der Waals surface area contributed by atoms with E-state index in [0.29, 0.717) is 11.4 Å². The van der Waals surface area contributed by atoms with E-state index in [0.717, 1.165) is 20.9 Å². The summed E-state index contributed by atoms with van der Waals surface area (Å²) in [5, 5.41) is 47.3. The van der Waals surface area contributed by atoms with E-state index in [4.69, 9.17) is 0 Å². The van der Waals surface area contributed by atoms with Gasteiger partial charge in [-0.1, -0.05) is 0 Å². The first-order valence-corrected chi connectivity index (χ1v) is 21.3. The molecule has 0 spiro atoms. The molecule has 2 aromatic carbocycles. The molecule has 0 bridgehead atoms. The van der Waals surface area contributed by atoms with Crippen LogP contribution in [0.15, 0.2) is 121 Å². The Labute approximate surface area is 496 Å². The van der Waals surface area contributed by atoms with Crippen LogP contribution in [0.5, 0.6) is 0 Å².